The zero-order valence-corrected chi connectivity index (χ0v) is 18.5. The van der Waals surface area contributed by atoms with E-state index in [0.717, 1.165) is 18.4 Å². The fourth-order valence-electron chi connectivity index (χ4n) is 3.45. The summed E-state index contributed by atoms with van der Waals surface area (Å²) >= 11 is 0. The minimum Gasteiger partial charge on any atom is -0.508 e. The van der Waals surface area contributed by atoms with E-state index < -0.39 is 5.60 Å². The first-order chi connectivity index (χ1) is 14.2. The van der Waals surface area contributed by atoms with Gasteiger partial charge in [0.15, 0.2) is 5.84 Å². The maximum atomic E-state index is 12.4. The zero-order chi connectivity index (χ0) is 22.3. The van der Waals surface area contributed by atoms with Gasteiger partial charge in [0.05, 0.1) is 6.04 Å². The van der Waals surface area contributed by atoms with Gasteiger partial charge in [-0.15, -0.1) is 0 Å². The molecule has 1 aromatic rings. The second kappa shape index (κ2) is 10.5. The summed E-state index contributed by atoms with van der Waals surface area (Å²) in [6.45, 7) is 10.5. The minimum atomic E-state index is -0.531. The van der Waals surface area contributed by atoms with E-state index >= 15 is 0 Å². The molecule has 0 spiro atoms. The SMILES string of the molecule is CCCCN(N)/C(=N\N)C(c1cccc(O)c1)N1CCN(C(=O)OC(C)(C)C)CC1. The van der Waals surface area contributed by atoms with Crippen molar-refractivity contribution in [2.24, 2.45) is 16.8 Å². The average Bonchev–Trinajstić information content (AvgIpc) is 2.69. The molecule has 30 heavy (non-hydrogen) atoms. The first-order valence-electron chi connectivity index (χ1n) is 10.5. The highest BCUT2D eigenvalue weighted by atomic mass is 16.6. The van der Waals surface area contributed by atoms with Crippen LogP contribution in [0.25, 0.3) is 0 Å². The summed E-state index contributed by atoms with van der Waals surface area (Å²) in [6.07, 6.45) is 1.60. The van der Waals surface area contributed by atoms with E-state index in [4.69, 9.17) is 16.4 Å². The van der Waals surface area contributed by atoms with E-state index in [1.165, 1.54) is 0 Å². The molecule has 0 aliphatic carbocycles. The predicted octanol–water partition coefficient (Wildman–Crippen LogP) is 2.23. The Morgan fingerprint density at radius 2 is 1.97 bits per heavy atom. The number of nitrogens with two attached hydrogens (primary N) is 2. The fourth-order valence-corrected chi connectivity index (χ4v) is 3.45. The van der Waals surface area contributed by atoms with E-state index in [0.29, 0.717) is 38.6 Å². The van der Waals surface area contributed by atoms with Crippen molar-refractivity contribution in [2.75, 3.05) is 32.7 Å². The fraction of sp³-hybridized carbons (Fsp3) is 0.619. The monoisotopic (exact) mass is 420 g/mol. The van der Waals surface area contributed by atoms with Crippen molar-refractivity contribution >= 4 is 11.9 Å². The van der Waals surface area contributed by atoms with Gasteiger partial charge in [0.25, 0.3) is 0 Å². The molecule has 1 heterocycles. The number of rotatable bonds is 6. The second-order valence-electron chi connectivity index (χ2n) is 8.54. The number of hydrogen-bond donors (Lipinski definition) is 3. The largest absolute Gasteiger partial charge is 0.508 e. The third kappa shape index (κ3) is 6.50. The molecule has 2 rings (SSSR count). The topological polar surface area (TPSA) is 121 Å². The quantitative estimate of drug-likeness (QED) is 0.279. The molecule has 1 aliphatic rings. The van der Waals surface area contributed by atoms with Crippen molar-refractivity contribution in [1.82, 2.24) is 14.8 Å². The van der Waals surface area contributed by atoms with E-state index in [1.54, 1.807) is 28.1 Å². The second-order valence-corrected chi connectivity index (χ2v) is 8.54. The standard InChI is InChI=1S/C21H36N6O3/c1-5-6-10-27(23)19(24-22)18(16-8-7-9-17(28)15-16)25-11-13-26(14-12-25)20(29)30-21(2,3)4/h7-9,15,18,28H,5-6,10-14,22-23H2,1-4H3/b24-19-. The Labute approximate surface area is 179 Å². The van der Waals surface area contributed by atoms with Crippen LogP contribution in [0.5, 0.6) is 5.75 Å². The van der Waals surface area contributed by atoms with Crippen LogP contribution in [-0.2, 0) is 4.74 Å². The lowest BCUT2D eigenvalue weighted by Gasteiger charge is -2.41. The van der Waals surface area contributed by atoms with Crippen LogP contribution in [0.15, 0.2) is 29.4 Å². The summed E-state index contributed by atoms with van der Waals surface area (Å²) in [7, 11) is 0. The van der Waals surface area contributed by atoms with Crippen molar-refractivity contribution in [3.63, 3.8) is 0 Å². The van der Waals surface area contributed by atoms with Crippen molar-refractivity contribution in [3.8, 4) is 5.75 Å². The number of aromatic hydroxyl groups is 1. The van der Waals surface area contributed by atoms with Crippen molar-refractivity contribution in [2.45, 2.75) is 52.2 Å². The molecule has 1 unspecified atom stereocenters. The Kier molecular flexibility index (Phi) is 8.31. The van der Waals surface area contributed by atoms with Gasteiger partial charge in [-0.1, -0.05) is 25.5 Å². The van der Waals surface area contributed by atoms with Crippen molar-refractivity contribution in [1.29, 1.82) is 0 Å². The summed E-state index contributed by atoms with van der Waals surface area (Å²) in [6, 6.07) is 6.70. The van der Waals surface area contributed by atoms with Crippen molar-refractivity contribution in [3.05, 3.63) is 29.8 Å². The van der Waals surface area contributed by atoms with Gasteiger partial charge in [-0.3, -0.25) is 9.91 Å². The molecule has 9 nitrogen and oxygen atoms in total. The number of hydrazine groups is 1. The molecule has 9 heteroatoms. The molecule has 1 aromatic carbocycles. The number of hydrogen-bond acceptors (Lipinski definition) is 7. The number of ether oxygens (including phenoxy) is 1. The van der Waals surface area contributed by atoms with Gasteiger partial charge in [-0.2, -0.15) is 5.10 Å². The maximum absolute atomic E-state index is 12.4. The molecule has 1 saturated heterocycles. The van der Waals surface area contributed by atoms with E-state index in [9.17, 15) is 9.90 Å². The first-order valence-corrected chi connectivity index (χ1v) is 10.5. The lowest BCUT2D eigenvalue weighted by Crippen LogP contribution is -2.54. The predicted molar refractivity (Wildman–Crippen MR) is 118 cm³/mol. The molecule has 1 atom stereocenters. The zero-order valence-electron chi connectivity index (χ0n) is 18.5. The number of amidine groups is 1. The third-order valence-corrected chi connectivity index (χ3v) is 4.94. The number of carbonyl (C=O) groups is 1. The van der Waals surface area contributed by atoms with Crippen LogP contribution in [0.3, 0.4) is 0 Å². The molecule has 168 valence electrons. The Balaban J connectivity index is 2.21. The number of phenols is 1. The molecule has 0 radical (unpaired) electrons. The van der Waals surface area contributed by atoms with Crippen LogP contribution in [0.2, 0.25) is 0 Å². The molecule has 1 amide bonds. The Morgan fingerprint density at radius 1 is 1.30 bits per heavy atom. The van der Waals surface area contributed by atoms with Gasteiger partial charge in [0, 0.05) is 32.7 Å². The van der Waals surface area contributed by atoms with Gasteiger partial charge < -0.3 is 20.6 Å². The maximum Gasteiger partial charge on any atom is 0.410 e. The number of phenolic OH excluding ortho intramolecular Hbond substituents is 1. The molecular formula is C21H36N6O3. The van der Waals surface area contributed by atoms with E-state index in [1.807, 2.05) is 26.8 Å². The van der Waals surface area contributed by atoms with Gasteiger partial charge in [-0.05, 0) is 44.9 Å². The number of amides is 1. The van der Waals surface area contributed by atoms with Crippen LogP contribution in [-0.4, -0.2) is 70.2 Å². The van der Waals surface area contributed by atoms with E-state index in [-0.39, 0.29) is 17.9 Å². The third-order valence-electron chi connectivity index (χ3n) is 4.94. The van der Waals surface area contributed by atoms with Gasteiger partial charge in [0.2, 0.25) is 0 Å². The Morgan fingerprint density at radius 3 is 2.50 bits per heavy atom. The summed E-state index contributed by atoms with van der Waals surface area (Å²) < 4.78 is 5.49. The van der Waals surface area contributed by atoms with Crippen LogP contribution in [0.4, 0.5) is 4.79 Å². The van der Waals surface area contributed by atoms with Crippen LogP contribution >= 0.6 is 0 Å². The Bertz CT molecular complexity index is 726. The van der Waals surface area contributed by atoms with E-state index in [2.05, 4.69) is 16.9 Å². The minimum absolute atomic E-state index is 0.165. The summed E-state index contributed by atoms with van der Waals surface area (Å²) in [5.41, 5.74) is 0.314. The van der Waals surface area contributed by atoms with Crippen molar-refractivity contribution < 1.29 is 14.6 Å². The number of hydrazone groups is 1. The van der Waals surface area contributed by atoms with Crippen LogP contribution in [0.1, 0.15) is 52.1 Å². The summed E-state index contributed by atoms with van der Waals surface area (Å²) in [5, 5.41) is 15.6. The normalized spacial score (nSPS) is 17.0. The number of unbranched alkanes of at least 4 members (excludes halogenated alkanes) is 1. The molecule has 0 aromatic heterocycles. The lowest BCUT2D eigenvalue weighted by atomic mass is 10.0. The molecule has 1 fully saturated rings. The summed E-state index contributed by atoms with van der Waals surface area (Å²) in [4.78, 5) is 16.3. The molecule has 0 bridgehead atoms. The highest BCUT2D eigenvalue weighted by Crippen LogP contribution is 2.27. The highest BCUT2D eigenvalue weighted by molar-refractivity contribution is 5.88. The van der Waals surface area contributed by atoms with Gasteiger partial charge in [0.1, 0.15) is 11.4 Å². The lowest BCUT2D eigenvalue weighted by molar-refractivity contribution is 0.0125. The highest BCUT2D eigenvalue weighted by Gasteiger charge is 2.33. The van der Waals surface area contributed by atoms with Gasteiger partial charge >= 0.3 is 6.09 Å². The first kappa shape index (κ1) is 23.8. The average molecular weight is 421 g/mol. The Hall–Kier alpha value is -2.52. The number of benzene rings is 1. The molecule has 0 saturated carbocycles. The molecular weight excluding hydrogens is 384 g/mol. The van der Waals surface area contributed by atoms with Crippen LogP contribution in [0, 0.1) is 0 Å². The smallest absolute Gasteiger partial charge is 0.410 e. The number of nitrogens with zero attached hydrogens (tertiary/aromatic N) is 4. The molecule has 1 aliphatic heterocycles. The number of carbonyl (C=O) groups excluding carboxylic acids is 1. The van der Waals surface area contributed by atoms with Crippen LogP contribution < -0.4 is 11.7 Å². The van der Waals surface area contributed by atoms with Gasteiger partial charge in [-0.25, -0.2) is 10.6 Å². The number of piperazine rings is 1. The molecule has 5 N–H and O–H groups in total. The summed E-state index contributed by atoms with van der Waals surface area (Å²) in [5.74, 6) is 12.7.